The Kier molecular flexibility index (Phi) is 5.65. The fourth-order valence-electron chi connectivity index (χ4n) is 1.49. The van der Waals surface area contributed by atoms with Crippen molar-refractivity contribution in [2.45, 2.75) is 25.3 Å². The highest BCUT2D eigenvalue weighted by atomic mass is 16.2. The number of hydrogen-bond donors (Lipinski definition) is 3. The van der Waals surface area contributed by atoms with Crippen molar-refractivity contribution in [2.24, 2.45) is 12.8 Å². The standard InChI is InChI=1S/C11H20N4O2/c1-15-8-9(7-14-15)10(12)11(17)13-5-3-2-4-6-16/h7-8,10,16H,2-6,12H2,1H3,(H,13,17). The fourth-order valence-corrected chi connectivity index (χ4v) is 1.49. The largest absolute Gasteiger partial charge is 0.396 e. The van der Waals surface area contributed by atoms with Crippen LogP contribution in [0.5, 0.6) is 0 Å². The van der Waals surface area contributed by atoms with E-state index in [2.05, 4.69) is 10.4 Å². The molecule has 1 aromatic rings. The Bertz CT molecular complexity index is 351. The molecule has 0 saturated carbocycles. The molecule has 0 aromatic carbocycles. The van der Waals surface area contributed by atoms with Gasteiger partial charge in [-0.25, -0.2) is 0 Å². The van der Waals surface area contributed by atoms with Gasteiger partial charge >= 0.3 is 0 Å². The molecule has 1 amide bonds. The highest BCUT2D eigenvalue weighted by Gasteiger charge is 2.16. The van der Waals surface area contributed by atoms with Crippen molar-refractivity contribution in [1.82, 2.24) is 15.1 Å². The summed E-state index contributed by atoms with van der Waals surface area (Å²) in [6.45, 7) is 0.788. The molecule has 0 bridgehead atoms. The number of nitrogens with zero attached hydrogens (tertiary/aromatic N) is 2. The van der Waals surface area contributed by atoms with Gasteiger partial charge in [0.1, 0.15) is 6.04 Å². The lowest BCUT2D eigenvalue weighted by molar-refractivity contribution is -0.122. The van der Waals surface area contributed by atoms with Crippen LogP contribution < -0.4 is 11.1 Å². The maximum absolute atomic E-state index is 11.7. The normalized spacial score (nSPS) is 12.4. The van der Waals surface area contributed by atoms with Crippen LogP contribution >= 0.6 is 0 Å². The molecule has 0 aliphatic rings. The molecule has 0 fully saturated rings. The van der Waals surface area contributed by atoms with Crippen LogP contribution in [0.25, 0.3) is 0 Å². The number of aryl methyl sites for hydroxylation is 1. The van der Waals surface area contributed by atoms with Crippen molar-refractivity contribution in [3.8, 4) is 0 Å². The average molecular weight is 240 g/mol. The SMILES string of the molecule is Cn1cc(C(N)C(=O)NCCCCCO)cn1. The van der Waals surface area contributed by atoms with E-state index in [1.807, 2.05) is 0 Å². The van der Waals surface area contributed by atoms with Gasteiger partial charge in [0, 0.05) is 32.0 Å². The van der Waals surface area contributed by atoms with Crippen LogP contribution in [0.1, 0.15) is 30.9 Å². The molecule has 6 heteroatoms. The molecular formula is C11H20N4O2. The van der Waals surface area contributed by atoms with E-state index in [1.165, 1.54) is 0 Å². The summed E-state index contributed by atoms with van der Waals surface area (Å²) < 4.78 is 1.61. The van der Waals surface area contributed by atoms with Crippen LogP contribution in [0.15, 0.2) is 12.4 Å². The van der Waals surface area contributed by atoms with Crippen LogP contribution in [-0.4, -0.2) is 33.9 Å². The monoisotopic (exact) mass is 240 g/mol. The van der Waals surface area contributed by atoms with Crippen LogP contribution in [0.2, 0.25) is 0 Å². The number of aliphatic hydroxyl groups excluding tert-OH is 1. The number of unbranched alkanes of at least 4 members (excludes halogenated alkanes) is 2. The quantitative estimate of drug-likeness (QED) is 0.570. The van der Waals surface area contributed by atoms with E-state index in [1.54, 1.807) is 24.1 Å². The van der Waals surface area contributed by atoms with Crippen LogP contribution in [0, 0.1) is 0 Å². The maximum Gasteiger partial charge on any atom is 0.241 e. The van der Waals surface area contributed by atoms with Crippen molar-refractivity contribution in [3.05, 3.63) is 18.0 Å². The molecular weight excluding hydrogens is 220 g/mol. The van der Waals surface area contributed by atoms with E-state index in [4.69, 9.17) is 10.8 Å². The first-order valence-electron chi connectivity index (χ1n) is 5.78. The minimum atomic E-state index is -0.665. The second-order valence-electron chi connectivity index (χ2n) is 4.00. The Labute approximate surface area is 101 Å². The smallest absolute Gasteiger partial charge is 0.241 e. The Morgan fingerprint density at radius 3 is 2.94 bits per heavy atom. The predicted molar refractivity (Wildman–Crippen MR) is 64.1 cm³/mol. The molecule has 0 aliphatic heterocycles. The number of amides is 1. The summed E-state index contributed by atoms with van der Waals surface area (Å²) in [6, 6.07) is -0.665. The highest BCUT2D eigenvalue weighted by molar-refractivity contribution is 5.82. The number of aromatic nitrogens is 2. The highest BCUT2D eigenvalue weighted by Crippen LogP contribution is 2.08. The van der Waals surface area contributed by atoms with Crippen LogP contribution in [0.4, 0.5) is 0 Å². The summed E-state index contributed by atoms with van der Waals surface area (Å²) in [5.74, 6) is -0.193. The molecule has 1 aromatic heterocycles. The fraction of sp³-hybridized carbons (Fsp3) is 0.636. The Morgan fingerprint density at radius 1 is 1.59 bits per heavy atom. The Balaban J connectivity index is 2.28. The van der Waals surface area contributed by atoms with E-state index in [0.29, 0.717) is 12.1 Å². The minimum Gasteiger partial charge on any atom is -0.396 e. The third-order valence-corrected chi connectivity index (χ3v) is 2.50. The van der Waals surface area contributed by atoms with Crippen molar-refractivity contribution >= 4 is 5.91 Å². The summed E-state index contributed by atoms with van der Waals surface area (Å²) in [4.78, 5) is 11.7. The lowest BCUT2D eigenvalue weighted by Gasteiger charge is -2.10. The topological polar surface area (TPSA) is 93.2 Å². The van der Waals surface area contributed by atoms with Crippen molar-refractivity contribution in [2.75, 3.05) is 13.2 Å². The number of aliphatic hydroxyl groups is 1. The van der Waals surface area contributed by atoms with E-state index in [9.17, 15) is 4.79 Å². The molecule has 17 heavy (non-hydrogen) atoms. The molecule has 4 N–H and O–H groups in total. The van der Waals surface area contributed by atoms with Gasteiger partial charge in [-0.2, -0.15) is 5.10 Å². The molecule has 0 spiro atoms. The maximum atomic E-state index is 11.7. The Morgan fingerprint density at radius 2 is 2.35 bits per heavy atom. The van der Waals surface area contributed by atoms with Gasteiger partial charge < -0.3 is 16.2 Å². The van der Waals surface area contributed by atoms with Gasteiger partial charge in [0.15, 0.2) is 0 Å². The Hall–Kier alpha value is -1.40. The molecule has 1 atom stereocenters. The summed E-state index contributed by atoms with van der Waals surface area (Å²) >= 11 is 0. The molecule has 0 radical (unpaired) electrons. The van der Waals surface area contributed by atoms with Crippen LogP contribution in [0.3, 0.4) is 0 Å². The summed E-state index contributed by atoms with van der Waals surface area (Å²) in [5.41, 5.74) is 6.50. The lowest BCUT2D eigenvalue weighted by Crippen LogP contribution is -2.34. The number of carbonyl (C=O) groups is 1. The molecule has 0 saturated heterocycles. The summed E-state index contributed by atoms with van der Waals surface area (Å²) in [5, 5.41) is 15.3. The third-order valence-electron chi connectivity index (χ3n) is 2.50. The van der Waals surface area contributed by atoms with Gasteiger partial charge in [0.05, 0.1) is 6.20 Å². The van der Waals surface area contributed by atoms with Crippen molar-refractivity contribution in [1.29, 1.82) is 0 Å². The second-order valence-corrected chi connectivity index (χ2v) is 4.00. The zero-order valence-corrected chi connectivity index (χ0v) is 10.1. The average Bonchev–Trinajstić information content (AvgIpc) is 2.74. The number of rotatable bonds is 7. The number of hydrogen-bond acceptors (Lipinski definition) is 4. The molecule has 6 nitrogen and oxygen atoms in total. The zero-order valence-electron chi connectivity index (χ0n) is 10.1. The van der Waals surface area contributed by atoms with Gasteiger partial charge in [-0.1, -0.05) is 0 Å². The van der Waals surface area contributed by atoms with E-state index >= 15 is 0 Å². The summed E-state index contributed by atoms with van der Waals surface area (Å²) in [7, 11) is 1.78. The van der Waals surface area contributed by atoms with Crippen molar-refractivity contribution < 1.29 is 9.90 Å². The van der Waals surface area contributed by atoms with E-state index in [-0.39, 0.29) is 12.5 Å². The second kappa shape index (κ2) is 7.03. The summed E-state index contributed by atoms with van der Waals surface area (Å²) in [6.07, 6.45) is 5.85. The zero-order chi connectivity index (χ0) is 12.7. The van der Waals surface area contributed by atoms with Gasteiger partial charge in [0.25, 0.3) is 0 Å². The number of nitrogens with one attached hydrogen (secondary N) is 1. The lowest BCUT2D eigenvalue weighted by atomic mass is 10.1. The predicted octanol–water partition coefficient (Wildman–Crippen LogP) is -0.301. The molecule has 1 unspecified atom stereocenters. The van der Waals surface area contributed by atoms with Crippen molar-refractivity contribution in [3.63, 3.8) is 0 Å². The third kappa shape index (κ3) is 4.54. The van der Waals surface area contributed by atoms with E-state index < -0.39 is 6.04 Å². The molecule has 1 rings (SSSR count). The van der Waals surface area contributed by atoms with Gasteiger partial charge in [-0.05, 0) is 19.3 Å². The molecule has 96 valence electrons. The van der Waals surface area contributed by atoms with Gasteiger partial charge in [0.2, 0.25) is 5.91 Å². The first-order valence-corrected chi connectivity index (χ1v) is 5.78. The van der Waals surface area contributed by atoms with Gasteiger partial charge in [-0.15, -0.1) is 0 Å². The number of nitrogens with two attached hydrogens (primary N) is 1. The first-order chi connectivity index (χ1) is 8.15. The van der Waals surface area contributed by atoms with Crippen LogP contribution in [-0.2, 0) is 11.8 Å². The van der Waals surface area contributed by atoms with E-state index in [0.717, 1.165) is 19.3 Å². The van der Waals surface area contributed by atoms with Gasteiger partial charge in [-0.3, -0.25) is 9.48 Å². The molecule has 1 heterocycles. The molecule has 0 aliphatic carbocycles. The minimum absolute atomic E-state index is 0.193. The first kappa shape index (κ1) is 13.7. The number of carbonyl (C=O) groups excluding carboxylic acids is 1.